The van der Waals surface area contributed by atoms with Crippen LogP contribution in [0.4, 0.5) is 0 Å². The van der Waals surface area contributed by atoms with Crippen molar-refractivity contribution in [3.05, 3.63) is 29.9 Å². The van der Waals surface area contributed by atoms with Crippen LogP contribution in [0.1, 0.15) is 24.4 Å². The highest BCUT2D eigenvalue weighted by atomic mass is 16.4. The van der Waals surface area contributed by atoms with Gasteiger partial charge in [0.15, 0.2) is 0 Å². The molecule has 0 bridgehead atoms. The minimum absolute atomic E-state index is 0.101. The maximum absolute atomic E-state index is 10.4. The predicted octanol–water partition coefficient (Wildman–Crippen LogP) is 1.85. The van der Waals surface area contributed by atoms with E-state index in [-0.39, 0.29) is 6.42 Å². The predicted molar refractivity (Wildman–Crippen MR) is 62.8 cm³/mol. The van der Waals surface area contributed by atoms with Crippen LogP contribution in [0.2, 0.25) is 0 Å². The van der Waals surface area contributed by atoms with Crippen LogP contribution in [0.3, 0.4) is 0 Å². The van der Waals surface area contributed by atoms with Crippen LogP contribution < -0.4 is 0 Å². The summed E-state index contributed by atoms with van der Waals surface area (Å²) < 4.78 is 5.44. The van der Waals surface area contributed by atoms with Gasteiger partial charge in [-0.15, -0.1) is 10.2 Å². The number of nitrogens with zero attached hydrogens (tertiary/aromatic N) is 3. The van der Waals surface area contributed by atoms with Gasteiger partial charge in [0.05, 0.1) is 5.56 Å². The number of rotatable bonds is 5. The fourth-order valence-electron chi connectivity index (χ4n) is 1.46. The molecule has 1 N–H and O–H groups in total. The molecule has 6 nitrogen and oxygen atoms in total. The van der Waals surface area contributed by atoms with Crippen molar-refractivity contribution < 1.29 is 14.3 Å². The number of hydrogen-bond acceptors (Lipinski definition) is 5. The van der Waals surface area contributed by atoms with Gasteiger partial charge in [-0.2, -0.15) is 0 Å². The summed E-state index contributed by atoms with van der Waals surface area (Å²) in [7, 11) is 0. The van der Waals surface area contributed by atoms with E-state index in [2.05, 4.69) is 15.2 Å². The van der Waals surface area contributed by atoms with Crippen molar-refractivity contribution in [1.29, 1.82) is 0 Å². The van der Waals surface area contributed by atoms with E-state index in [0.717, 1.165) is 11.3 Å². The number of aliphatic carboxylic acids is 1. The number of pyridine rings is 1. The van der Waals surface area contributed by atoms with Gasteiger partial charge in [-0.3, -0.25) is 9.78 Å². The molecular weight excluding hydrogens is 234 g/mol. The second-order valence-electron chi connectivity index (χ2n) is 3.94. The lowest BCUT2D eigenvalue weighted by Crippen LogP contribution is -1.95. The van der Waals surface area contributed by atoms with Gasteiger partial charge in [0, 0.05) is 24.7 Å². The van der Waals surface area contributed by atoms with Gasteiger partial charge < -0.3 is 9.52 Å². The van der Waals surface area contributed by atoms with Crippen LogP contribution in [-0.2, 0) is 11.2 Å². The lowest BCUT2D eigenvalue weighted by Gasteiger charge is -1.95. The molecule has 0 aliphatic carbocycles. The molecule has 2 rings (SSSR count). The van der Waals surface area contributed by atoms with Crippen LogP contribution in [0, 0.1) is 6.92 Å². The van der Waals surface area contributed by atoms with Crippen LogP contribution >= 0.6 is 0 Å². The summed E-state index contributed by atoms with van der Waals surface area (Å²) in [5, 5.41) is 16.3. The molecule has 0 radical (unpaired) electrons. The number of carboxylic acid groups (broad SMARTS) is 1. The summed E-state index contributed by atoms with van der Waals surface area (Å²) in [6.45, 7) is 1.90. The highest BCUT2D eigenvalue weighted by molar-refractivity contribution is 5.66. The zero-order chi connectivity index (χ0) is 13.0. The summed E-state index contributed by atoms with van der Waals surface area (Å²) >= 11 is 0. The normalized spacial score (nSPS) is 10.5. The maximum Gasteiger partial charge on any atom is 0.303 e. The largest absolute Gasteiger partial charge is 0.481 e. The van der Waals surface area contributed by atoms with Crippen LogP contribution in [0.25, 0.3) is 11.5 Å². The zero-order valence-corrected chi connectivity index (χ0v) is 9.96. The van der Waals surface area contributed by atoms with Crippen LogP contribution in [0.15, 0.2) is 22.7 Å². The van der Waals surface area contributed by atoms with E-state index in [1.807, 2.05) is 19.1 Å². The molecule has 0 aliphatic rings. The van der Waals surface area contributed by atoms with Crippen molar-refractivity contribution in [1.82, 2.24) is 15.2 Å². The number of hydrogen-bond donors (Lipinski definition) is 1. The zero-order valence-electron chi connectivity index (χ0n) is 9.96. The monoisotopic (exact) mass is 247 g/mol. The lowest BCUT2D eigenvalue weighted by molar-refractivity contribution is -0.137. The molecule has 0 saturated carbocycles. The summed E-state index contributed by atoms with van der Waals surface area (Å²) in [4.78, 5) is 14.5. The molecule has 94 valence electrons. The van der Waals surface area contributed by atoms with Gasteiger partial charge in [0.1, 0.15) is 0 Å². The van der Waals surface area contributed by atoms with E-state index >= 15 is 0 Å². The Bertz CT molecular complexity index is 534. The molecule has 0 spiro atoms. The van der Waals surface area contributed by atoms with Crippen molar-refractivity contribution in [3.63, 3.8) is 0 Å². The van der Waals surface area contributed by atoms with Gasteiger partial charge in [0.2, 0.25) is 11.8 Å². The Morgan fingerprint density at radius 3 is 2.89 bits per heavy atom. The summed E-state index contributed by atoms with van der Waals surface area (Å²) in [6.07, 6.45) is 2.73. The Morgan fingerprint density at radius 1 is 1.39 bits per heavy atom. The van der Waals surface area contributed by atoms with Gasteiger partial charge in [0.25, 0.3) is 0 Å². The van der Waals surface area contributed by atoms with Crippen molar-refractivity contribution in [2.75, 3.05) is 0 Å². The van der Waals surface area contributed by atoms with Gasteiger partial charge >= 0.3 is 5.97 Å². The standard InChI is InChI=1S/C12H13N3O3/c1-8-5-6-9(7-13-8)12-15-14-10(18-12)3-2-4-11(16)17/h5-7H,2-4H2,1H3,(H,16,17). The third-order valence-corrected chi connectivity index (χ3v) is 2.41. The molecule has 2 heterocycles. The van der Waals surface area contributed by atoms with Gasteiger partial charge in [-0.05, 0) is 25.5 Å². The number of aromatic nitrogens is 3. The molecular formula is C12H13N3O3. The summed E-state index contributed by atoms with van der Waals surface area (Å²) in [5.74, 6) is 0.0390. The van der Waals surface area contributed by atoms with Crippen molar-refractivity contribution in [3.8, 4) is 11.5 Å². The molecule has 0 unspecified atom stereocenters. The second-order valence-corrected chi connectivity index (χ2v) is 3.94. The SMILES string of the molecule is Cc1ccc(-c2nnc(CCCC(=O)O)o2)cn1. The minimum atomic E-state index is -0.822. The molecule has 0 amide bonds. The number of carboxylic acids is 1. The first-order valence-corrected chi connectivity index (χ1v) is 5.62. The number of aryl methyl sites for hydroxylation is 2. The average Bonchev–Trinajstić information content (AvgIpc) is 2.78. The van der Waals surface area contributed by atoms with E-state index in [9.17, 15) is 4.79 Å². The Hall–Kier alpha value is -2.24. The molecule has 2 aromatic rings. The number of carbonyl (C=O) groups is 1. The molecule has 0 fully saturated rings. The van der Waals surface area contributed by atoms with E-state index in [1.54, 1.807) is 6.20 Å². The first kappa shape index (κ1) is 12.2. The third kappa shape index (κ3) is 3.13. The van der Waals surface area contributed by atoms with E-state index < -0.39 is 5.97 Å². The van der Waals surface area contributed by atoms with Crippen molar-refractivity contribution >= 4 is 5.97 Å². The van der Waals surface area contributed by atoms with E-state index in [1.165, 1.54) is 0 Å². The Kier molecular flexibility index (Phi) is 3.66. The fraction of sp³-hybridized carbons (Fsp3) is 0.333. The first-order valence-electron chi connectivity index (χ1n) is 5.62. The maximum atomic E-state index is 10.4. The minimum Gasteiger partial charge on any atom is -0.481 e. The highest BCUT2D eigenvalue weighted by Crippen LogP contribution is 2.17. The average molecular weight is 247 g/mol. The molecule has 2 aromatic heterocycles. The van der Waals surface area contributed by atoms with Gasteiger partial charge in [-0.25, -0.2) is 0 Å². The van der Waals surface area contributed by atoms with Crippen LogP contribution in [-0.4, -0.2) is 26.3 Å². The first-order chi connectivity index (χ1) is 8.65. The topological polar surface area (TPSA) is 89.1 Å². The summed E-state index contributed by atoms with van der Waals surface area (Å²) in [6, 6.07) is 3.72. The Balaban J connectivity index is 2.01. The highest BCUT2D eigenvalue weighted by Gasteiger charge is 2.09. The molecule has 0 aromatic carbocycles. The summed E-state index contributed by atoms with van der Waals surface area (Å²) in [5.41, 5.74) is 1.68. The Morgan fingerprint density at radius 2 is 2.22 bits per heavy atom. The molecule has 6 heteroatoms. The quantitative estimate of drug-likeness (QED) is 0.867. The van der Waals surface area contributed by atoms with E-state index in [0.29, 0.717) is 24.6 Å². The smallest absolute Gasteiger partial charge is 0.303 e. The lowest BCUT2D eigenvalue weighted by atomic mass is 10.2. The third-order valence-electron chi connectivity index (χ3n) is 2.41. The van der Waals surface area contributed by atoms with Crippen molar-refractivity contribution in [2.24, 2.45) is 0 Å². The second kappa shape index (κ2) is 5.39. The Labute approximate surface area is 104 Å². The van der Waals surface area contributed by atoms with Gasteiger partial charge in [-0.1, -0.05) is 0 Å². The molecule has 0 atom stereocenters. The van der Waals surface area contributed by atoms with Crippen LogP contribution in [0.5, 0.6) is 0 Å². The molecule has 18 heavy (non-hydrogen) atoms. The van der Waals surface area contributed by atoms with E-state index in [4.69, 9.17) is 9.52 Å². The van der Waals surface area contributed by atoms with Crippen molar-refractivity contribution in [2.45, 2.75) is 26.2 Å². The fourth-order valence-corrected chi connectivity index (χ4v) is 1.46. The molecule has 0 aliphatic heterocycles. The molecule has 0 saturated heterocycles.